The molecule has 0 bridgehead atoms. The normalized spacial score (nSPS) is 16.2. The highest BCUT2D eigenvalue weighted by Crippen LogP contribution is 2.44. The van der Waals surface area contributed by atoms with E-state index in [9.17, 15) is 4.79 Å². The molecule has 1 spiro atoms. The average Bonchev–Trinajstić information content (AvgIpc) is 3.27. The van der Waals surface area contributed by atoms with Crippen LogP contribution in [0.2, 0.25) is 0 Å². The summed E-state index contributed by atoms with van der Waals surface area (Å²) in [6.07, 6.45) is 3.91. The molecule has 1 amide bonds. The summed E-state index contributed by atoms with van der Waals surface area (Å²) < 4.78 is 7.45. The molecule has 162 valence electrons. The van der Waals surface area contributed by atoms with Gasteiger partial charge in [-0.05, 0) is 62.3 Å². The molecule has 0 radical (unpaired) electrons. The number of aromatic nitrogens is 2. The minimum atomic E-state index is -0.0378. The van der Waals surface area contributed by atoms with E-state index in [1.807, 2.05) is 27.0 Å². The Bertz CT molecular complexity index is 1140. The van der Waals surface area contributed by atoms with Gasteiger partial charge in [0.25, 0.3) is 5.91 Å². The van der Waals surface area contributed by atoms with Crippen molar-refractivity contribution in [2.24, 2.45) is 7.05 Å². The van der Waals surface area contributed by atoms with Crippen molar-refractivity contribution >= 4 is 22.6 Å². The lowest BCUT2D eigenvalue weighted by molar-refractivity contribution is 0.0921. The van der Waals surface area contributed by atoms with Crippen molar-refractivity contribution in [1.82, 2.24) is 14.9 Å². The molecular formula is C25H30N4O2. The van der Waals surface area contributed by atoms with Gasteiger partial charge in [0.1, 0.15) is 11.3 Å². The van der Waals surface area contributed by atoms with E-state index in [2.05, 4.69) is 39.5 Å². The van der Waals surface area contributed by atoms with Crippen LogP contribution in [0.15, 0.2) is 30.3 Å². The third-order valence-electron chi connectivity index (χ3n) is 6.91. The summed E-state index contributed by atoms with van der Waals surface area (Å²) in [5.41, 5.74) is 7.69. The highest BCUT2D eigenvalue weighted by atomic mass is 16.5. The zero-order valence-electron chi connectivity index (χ0n) is 18.5. The summed E-state index contributed by atoms with van der Waals surface area (Å²) in [5, 5.41) is 6.92. The Labute approximate surface area is 183 Å². The van der Waals surface area contributed by atoms with Gasteiger partial charge in [-0.25, -0.2) is 4.98 Å². The molecular weight excluding hydrogens is 388 g/mol. The second-order valence-electron chi connectivity index (χ2n) is 8.84. The topological polar surface area (TPSA) is 68.2 Å². The first-order valence-electron chi connectivity index (χ1n) is 11.2. The zero-order valence-corrected chi connectivity index (χ0v) is 18.5. The van der Waals surface area contributed by atoms with E-state index in [0.29, 0.717) is 19.8 Å². The van der Waals surface area contributed by atoms with Gasteiger partial charge >= 0.3 is 0 Å². The van der Waals surface area contributed by atoms with Crippen LogP contribution >= 0.6 is 0 Å². The van der Waals surface area contributed by atoms with E-state index in [-0.39, 0.29) is 11.4 Å². The number of carbonyl (C=O) groups excluding carboxylic acids is 1. The lowest BCUT2D eigenvalue weighted by atomic mass is 9.82. The molecule has 2 N–H and O–H groups in total. The quantitative estimate of drug-likeness (QED) is 0.622. The number of anilines is 1. The number of nitrogens with zero attached hydrogens (tertiary/aromatic N) is 2. The molecule has 5 rings (SSSR count). The standard InChI is InChI=1S/C25H30N4O2/c1-4-31-12-11-26-24(30)20-13-21-23(27-16(2)29(21)3)22-19(20)9-10-25(28-22)14-17-7-5-6-8-18(17)15-25/h5-8,13,28H,4,9-12,14-15H2,1-3H3,(H,26,30). The van der Waals surface area contributed by atoms with Crippen LogP contribution in [0, 0.1) is 6.92 Å². The van der Waals surface area contributed by atoms with Crippen molar-refractivity contribution in [3.63, 3.8) is 0 Å². The maximum Gasteiger partial charge on any atom is 0.251 e. The van der Waals surface area contributed by atoms with Gasteiger partial charge < -0.3 is 19.9 Å². The van der Waals surface area contributed by atoms with Crippen LogP contribution in [0.25, 0.3) is 11.0 Å². The Kier molecular flexibility index (Phi) is 4.97. The smallest absolute Gasteiger partial charge is 0.251 e. The van der Waals surface area contributed by atoms with Crippen molar-refractivity contribution in [3.8, 4) is 0 Å². The molecule has 6 nitrogen and oxygen atoms in total. The Hall–Kier alpha value is -2.86. The highest BCUT2D eigenvalue weighted by molar-refractivity contribution is 6.04. The van der Waals surface area contributed by atoms with Crippen molar-refractivity contribution in [2.75, 3.05) is 25.1 Å². The number of ether oxygens (including phenoxy) is 1. The minimum absolute atomic E-state index is 0.000885. The Morgan fingerprint density at radius 2 is 2.03 bits per heavy atom. The molecule has 6 heteroatoms. The fraction of sp³-hybridized carbons (Fsp3) is 0.440. The van der Waals surface area contributed by atoms with Gasteiger partial charge in [-0.2, -0.15) is 0 Å². The fourth-order valence-corrected chi connectivity index (χ4v) is 5.20. The molecule has 1 aliphatic carbocycles. The van der Waals surface area contributed by atoms with Crippen LogP contribution in [0.1, 0.15) is 46.2 Å². The van der Waals surface area contributed by atoms with Crippen LogP contribution in [0.4, 0.5) is 5.69 Å². The second-order valence-corrected chi connectivity index (χ2v) is 8.84. The van der Waals surface area contributed by atoms with E-state index in [1.54, 1.807) is 0 Å². The number of imidazole rings is 1. The minimum Gasteiger partial charge on any atom is -0.380 e. The second kappa shape index (κ2) is 7.68. The van der Waals surface area contributed by atoms with Crippen LogP contribution in [0.3, 0.4) is 0 Å². The maximum absolute atomic E-state index is 13.1. The van der Waals surface area contributed by atoms with Gasteiger partial charge in [0, 0.05) is 31.3 Å². The zero-order chi connectivity index (χ0) is 21.6. The van der Waals surface area contributed by atoms with Gasteiger partial charge in [-0.1, -0.05) is 24.3 Å². The SMILES string of the molecule is CCOCCNC(=O)c1cc2c(nc(C)n2C)c2c1CCC1(Cc3ccccc3C1)N2. The number of benzene rings is 2. The molecule has 1 aliphatic heterocycles. The number of hydrogen-bond acceptors (Lipinski definition) is 4. The van der Waals surface area contributed by atoms with E-state index in [0.717, 1.165) is 59.4 Å². The highest BCUT2D eigenvalue weighted by Gasteiger charge is 2.41. The molecule has 0 unspecified atom stereocenters. The van der Waals surface area contributed by atoms with Gasteiger partial charge in [-0.3, -0.25) is 4.79 Å². The van der Waals surface area contributed by atoms with Crippen LogP contribution in [-0.2, 0) is 31.0 Å². The van der Waals surface area contributed by atoms with Gasteiger partial charge in [-0.15, -0.1) is 0 Å². The Balaban J connectivity index is 1.54. The van der Waals surface area contributed by atoms with Gasteiger partial charge in [0.05, 0.1) is 17.8 Å². The monoisotopic (exact) mass is 418 g/mol. The fourth-order valence-electron chi connectivity index (χ4n) is 5.20. The molecule has 1 aromatic heterocycles. The lowest BCUT2D eigenvalue weighted by Gasteiger charge is -2.38. The first kappa shape index (κ1) is 20.1. The molecule has 0 saturated heterocycles. The third kappa shape index (κ3) is 3.39. The molecule has 31 heavy (non-hydrogen) atoms. The van der Waals surface area contributed by atoms with Gasteiger partial charge in [0.15, 0.2) is 0 Å². The molecule has 2 heterocycles. The summed E-state index contributed by atoms with van der Waals surface area (Å²) in [4.78, 5) is 18.0. The maximum atomic E-state index is 13.1. The average molecular weight is 419 g/mol. The molecule has 2 aromatic carbocycles. The van der Waals surface area contributed by atoms with Gasteiger partial charge in [0.2, 0.25) is 0 Å². The Morgan fingerprint density at radius 1 is 1.29 bits per heavy atom. The number of fused-ring (bicyclic) bond motifs is 4. The van der Waals surface area contributed by atoms with E-state index in [1.165, 1.54) is 11.1 Å². The molecule has 0 fully saturated rings. The number of carbonyl (C=O) groups is 1. The molecule has 0 atom stereocenters. The van der Waals surface area contributed by atoms with Crippen LogP contribution in [-0.4, -0.2) is 40.8 Å². The number of rotatable bonds is 5. The number of nitrogens with one attached hydrogen (secondary N) is 2. The number of aryl methyl sites for hydroxylation is 2. The predicted octanol–water partition coefficient (Wildman–Crippen LogP) is 3.54. The summed E-state index contributed by atoms with van der Waals surface area (Å²) >= 11 is 0. The van der Waals surface area contributed by atoms with Crippen molar-refractivity contribution in [2.45, 2.75) is 45.1 Å². The molecule has 3 aromatic rings. The first-order chi connectivity index (χ1) is 15.0. The van der Waals surface area contributed by atoms with E-state index < -0.39 is 0 Å². The lowest BCUT2D eigenvalue weighted by Crippen LogP contribution is -2.43. The number of amides is 1. The van der Waals surface area contributed by atoms with Crippen LogP contribution < -0.4 is 10.6 Å². The predicted molar refractivity (Wildman–Crippen MR) is 123 cm³/mol. The summed E-state index contributed by atoms with van der Waals surface area (Å²) in [5.74, 6) is 0.909. The van der Waals surface area contributed by atoms with Crippen molar-refractivity contribution < 1.29 is 9.53 Å². The third-order valence-corrected chi connectivity index (χ3v) is 6.91. The van der Waals surface area contributed by atoms with Crippen molar-refractivity contribution in [3.05, 3.63) is 58.4 Å². The van der Waals surface area contributed by atoms with E-state index in [4.69, 9.17) is 9.72 Å². The van der Waals surface area contributed by atoms with Crippen molar-refractivity contribution in [1.29, 1.82) is 0 Å². The summed E-state index contributed by atoms with van der Waals surface area (Å²) in [6, 6.07) is 10.7. The first-order valence-corrected chi connectivity index (χ1v) is 11.2. The molecule has 2 aliphatic rings. The van der Waals surface area contributed by atoms with E-state index >= 15 is 0 Å². The van der Waals surface area contributed by atoms with Crippen LogP contribution in [0.5, 0.6) is 0 Å². The Morgan fingerprint density at radius 3 is 2.74 bits per heavy atom. The summed E-state index contributed by atoms with van der Waals surface area (Å²) in [7, 11) is 2.01. The largest absolute Gasteiger partial charge is 0.380 e. The molecule has 0 saturated carbocycles. The number of hydrogen-bond donors (Lipinski definition) is 2. The summed E-state index contributed by atoms with van der Waals surface area (Å²) in [6.45, 7) is 5.66.